The van der Waals surface area contributed by atoms with Crippen LogP contribution < -0.4 is 10.2 Å². The summed E-state index contributed by atoms with van der Waals surface area (Å²) in [4.78, 5) is 35.9. The van der Waals surface area contributed by atoms with E-state index in [1.54, 1.807) is 11.8 Å². The fourth-order valence-corrected chi connectivity index (χ4v) is 5.86. The Hall–Kier alpha value is -3.25. The Bertz CT molecular complexity index is 1390. The number of hydrogen-bond acceptors (Lipinski definition) is 7. The van der Waals surface area contributed by atoms with Crippen LogP contribution in [-0.2, 0) is 12.7 Å². The van der Waals surface area contributed by atoms with Crippen molar-refractivity contribution < 1.29 is 27.1 Å². The summed E-state index contributed by atoms with van der Waals surface area (Å²) in [5, 5.41) is 0.710. The molecule has 0 atom stereocenters. The zero-order valence-corrected chi connectivity index (χ0v) is 24.8. The molecule has 1 aliphatic heterocycles. The van der Waals surface area contributed by atoms with Crippen LogP contribution in [0.2, 0.25) is 0 Å². The minimum atomic E-state index is -4.39. The van der Waals surface area contributed by atoms with Crippen LogP contribution in [0, 0.1) is 0 Å². The van der Waals surface area contributed by atoms with Crippen molar-refractivity contribution >= 4 is 28.7 Å². The van der Waals surface area contributed by atoms with Gasteiger partial charge in [0.1, 0.15) is 12.0 Å². The van der Waals surface area contributed by atoms with Gasteiger partial charge >= 0.3 is 12.2 Å². The molecule has 0 unspecified atom stereocenters. The highest BCUT2D eigenvalue weighted by Crippen LogP contribution is 2.34. The van der Waals surface area contributed by atoms with Gasteiger partial charge in [0.05, 0.1) is 24.2 Å². The minimum Gasteiger partial charge on any atom is -0.487 e. The number of carbonyl (C=O) groups is 1. The molecule has 0 N–H and O–H groups in total. The Morgan fingerprint density at radius 3 is 2.52 bits per heavy atom. The molecule has 8 nitrogen and oxygen atoms in total. The molecule has 0 saturated carbocycles. The first kappa shape index (κ1) is 31.7. The molecule has 1 saturated heterocycles. The van der Waals surface area contributed by atoms with E-state index >= 15 is 0 Å². The molecule has 2 aromatic heterocycles. The number of aromatic nitrogens is 1. The first-order chi connectivity index (χ1) is 20.2. The third-order valence-corrected chi connectivity index (χ3v) is 8.40. The smallest absolute Gasteiger partial charge is 0.416 e. The number of amides is 2. The van der Waals surface area contributed by atoms with Crippen LogP contribution in [0.5, 0.6) is 5.75 Å². The number of unbranched alkanes of at least 4 members (excludes halogenated alkanes) is 2. The lowest BCUT2D eigenvalue weighted by atomic mass is 10.1. The summed E-state index contributed by atoms with van der Waals surface area (Å²) in [5.41, 5.74) is -0.592. The number of carbonyl (C=O) groups excluding carboxylic acids is 1. The van der Waals surface area contributed by atoms with Gasteiger partial charge in [0.25, 0.3) is 0 Å². The predicted octanol–water partition coefficient (Wildman–Crippen LogP) is 6.13. The molecule has 0 radical (unpaired) electrons. The number of nitrogens with zero attached hydrogens (tertiary/aromatic N) is 4. The lowest BCUT2D eigenvalue weighted by Gasteiger charge is -2.36. The van der Waals surface area contributed by atoms with Crippen molar-refractivity contribution in [3.63, 3.8) is 0 Å². The Kier molecular flexibility index (Phi) is 11.1. The summed E-state index contributed by atoms with van der Waals surface area (Å²) < 4.78 is 50.3. The second-order valence-corrected chi connectivity index (χ2v) is 11.2. The average Bonchev–Trinajstić information content (AvgIpc) is 2.98. The van der Waals surface area contributed by atoms with Gasteiger partial charge < -0.3 is 19.0 Å². The van der Waals surface area contributed by atoms with Gasteiger partial charge in [0.15, 0.2) is 0 Å². The number of ether oxygens (including phenoxy) is 1. The van der Waals surface area contributed by atoms with Crippen LogP contribution in [0.4, 0.5) is 18.0 Å². The third-order valence-electron chi connectivity index (χ3n) is 7.24. The van der Waals surface area contributed by atoms with Gasteiger partial charge in [-0.15, -0.1) is 11.8 Å². The van der Waals surface area contributed by atoms with Gasteiger partial charge in [-0.25, -0.2) is 4.79 Å². The summed E-state index contributed by atoms with van der Waals surface area (Å²) >= 11 is 1.59. The van der Waals surface area contributed by atoms with Gasteiger partial charge in [-0.2, -0.15) is 13.2 Å². The van der Waals surface area contributed by atoms with Crippen molar-refractivity contribution in [2.24, 2.45) is 0 Å². The standard InChI is InChI=1S/C30H37F3N4O4S/c1-3-36(4-2)29(39)37-14-12-35(13-15-37)20-23-19-26(38)27(21-41-23)40-16-6-5-7-17-42-28-10-11-34-25-18-22(30(31,32)33)8-9-24(25)28/h8-11,18-19,21H,3-7,12-17,20H2,1-2H3. The lowest BCUT2D eigenvalue weighted by molar-refractivity contribution is -0.137. The molecule has 0 aliphatic carbocycles. The molecule has 3 heterocycles. The van der Waals surface area contributed by atoms with E-state index in [1.165, 1.54) is 24.6 Å². The average molecular weight is 607 g/mol. The molecule has 1 aromatic carbocycles. The van der Waals surface area contributed by atoms with E-state index in [4.69, 9.17) is 9.15 Å². The summed E-state index contributed by atoms with van der Waals surface area (Å²) in [6, 6.07) is 7.01. The second-order valence-electron chi connectivity index (χ2n) is 10.1. The van der Waals surface area contributed by atoms with Crippen LogP contribution in [0.3, 0.4) is 0 Å². The fourth-order valence-electron chi connectivity index (χ4n) is 4.81. The first-order valence-electron chi connectivity index (χ1n) is 14.3. The molecule has 0 bridgehead atoms. The number of urea groups is 1. The van der Waals surface area contributed by atoms with Crippen molar-refractivity contribution in [2.45, 2.75) is 50.7 Å². The van der Waals surface area contributed by atoms with Crippen molar-refractivity contribution in [3.8, 4) is 5.75 Å². The van der Waals surface area contributed by atoms with Crippen molar-refractivity contribution in [1.29, 1.82) is 0 Å². The molecule has 42 heavy (non-hydrogen) atoms. The fraction of sp³-hybridized carbons (Fsp3) is 0.500. The second kappa shape index (κ2) is 14.8. The van der Waals surface area contributed by atoms with Gasteiger partial charge in [0.2, 0.25) is 11.2 Å². The summed E-state index contributed by atoms with van der Waals surface area (Å²) in [6.45, 7) is 8.92. The van der Waals surface area contributed by atoms with Crippen LogP contribution in [0.25, 0.3) is 10.9 Å². The van der Waals surface area contributed by atoms with Gasteiger partial charge in [-0.3, -0.25) is 14.7 Å². The van der Waals surface area contributed by atoms with Crippen LogP contribution in [0.1, 0.15) is 44.4 Å². The topological polar surface area (TPSA) is 79.1 Å². The summed E-state index contributed by atoms with van der Waals surface area (Å²) in [7, 11) is 0. The number of rotatable bonds is 12. The SMILES string of the molecule is CCN(CC)C(=O)N1CCN(Cc2cc(=O)c(OCCCCCSc3ccnc4cc(C(F)(F)F)ccc34)co2)CC1. The molecule has 4 rings (SSSR count). The number of benzene rings is 1. The Morgan fingerprint density at radius 2 is 1.83 bits per heavy atom. The van der Waals surface area contributed by atoms with Crippen molar-refractivity contribution in [3.05, 3.63) is 64.3 Å². The summed E-state index contributed by atoms with van der Waals surface area (Å²) in [6.07, 6.45) is 1.03. The van der Waals surface area contributed by atoms with E-state index in [-0.39, 0.29) is 17.2 Å². The minimum absolute atomic E-state index is 0.0692. The Morgan fingerprint density at radius 1 is 1.07 bits per heavy atom. The summed E-state index contributed by atoms with van der Waals surface area (Å²) in [5.74, 6) is 1.55. The number of hydrogen-bond donors (Lipinski definition) is 0. The normalized spacial score (nSPS) is 14.4. The molecule has 228 valence electrons. The quantitative estimate of drug-likeness (QED) is 0.181. The molecule has 1 fully saturated rings. The molecule has 0 spiro atoms. The van der Waals surface area contributed by atoms with Gasteiger partial charge in [-0.1, -0.05) is 6.07 Å². The predicted molar refractivity (Wildman–Crippen MR) is 157 cm³/mol. The number of piperazine rings is 1. The number of halogens is 3. The third kappa shape index (κ3) is 8.41. The van der Waals surface area contributed by atoms with E-state index in [2.05, 4.69) is 9.88 Å². The van der Waals surface area contributed by atoms with Crippen LogP contribution in [0.15, 0.2) is 56.9 Å². The number of thioether (sulfide) groups is 1. The molecule has 1 aliphatic rings. The van der Waals surface area contributed by atoms with E-state index in [0.29, 0.717) is 69.1 Å². The lowest BCUT2D eigenvalue weighted by Crippen LogP contribution is -2.52. The monoisotopic (exact) mass is 606 g/mol. The van der Waals surface area contributed by atoms with Crippen LogP contribution >= 0.6 is 11.8 Å². The largest absolute Gasteiger partial charge is 0.487 e. The van der Waals surface area contributed by atoms with E-state index < -0.39 is 11.7 Å². The molecule has 2 amide bonds. The maximum atomic E-state index is 13.0. The molecular formula is C30H37F3N4O4S. The highest BCUT2D eigenvalue weighted by Gasteiger charge is 2.30. The van der Waals surface area contributed by atoms with E-state index in [9.17, 15) is 22.8 Å². The first-order valence-corrected chi connectivity index (χ1v) is 15.3. The number of pyridine rings is 1. The van der Waals surface area contributed by atoms with Crippen LogP contribution in [-0.4, -0.2) is 77.3 Å². The van der Waals surface area contributed by atoms with Crippen molar-refractivity contribution in [1.82, 2.24) is 19.7 Å². The highest BCUT2D eigenvalue weighted by atomic mass is 32.2. The van der Waals surface area contributed by atoms with E-state index in [0.717, 1.165) is 42.0 Å². The number of alkyl halides is 3. The maximum absolute atomic E-state index is 13.0. The van der Waals surface area contributed by atoms with Gasteiger partial charge in [-0.05, 0) is 57.1 Å². The Labute approximate surface area is 247 Å². The Balaban J connectivity index is 1.15. The van der Waals surface area contributed by atoms with Crippen molar-refractivity contribution in [2.75, 3.05) is 51.6 Å². The molecular weight excluding hydrogens is 569 g/mol. The highest BCUT2D eigenvalue weighted by molar-refractivity contribution is 7.99. The molecule has 3 aromatic rings. The number of fused-ring (bicyclic) bond motifs is 1. The van der Waals surface area contributed by atoms with Gasteiger partial charge in [0, 0.05) is 61.8 Å². The zero-order chi connectivity index (χ0) is 30.1. The maximum Gasteiger partial charge on any atom is 0.416 e. The molecule has 12 heteroatoms. The van der Waals surface area contributed by atoms with E-state index in [1.807, 2.05) is 29.7 Å². The zero-order valence-electron chi connectivity index (χ0n) is 24.0.